The number of carbonyl (C=O) groups excluding carboxylic acids is 2. The lowest BCUT2D eigenvalue weighted by atomic mass is 9.82. The smallest absolute Gasteiger partial charge is 0.411 e. The largest absolute Gasteiger partial charge is 0.458 e. The summed E-state index contributed by atoms with van der Waals surface area (Å²) in [6.45, 7) is 20.3. The molecule has 1 heterocycles. The van der Waals surface area contributed by atoms with Gasteiger partial charge in [0.25, 0.3) is 0 Å². The zero-order valence-electron chi connectivity index (χ0n) is 22.4. The van der Waals surface area contributed by atoms with E-state index >= 15 is 0 Å². The second-order valence-corrected chi connectivity index (χ2v) is 10.9. The summed E-state index contributed by atoms with van der Waals surface area (Å²) >= 11 is 0. The van der Waals surface area contributed by atoms with E-state index in [-0.39, 0.29) is 25.4 Å². The SMILES string of the molecule is C=C[C@](O)(CC)[C@H](N)[C@H]1[C@H](COC(C)OCC)C[C@H](C(=O)OC(C)(C)C)N1C(=O)OC(C)(C)C. The maximum absolute atomic E-state index is 13.4. The molecule has 9 heteroatoms. The Morgan fingerprint density at radius 1 is 1.12 bits per heavy atom. The Bertz CT molecular complexity index is 700. The first-order valence-corrected chi connectivity index (χ1v) is 12.1. The van der Waals surface area contributed by atoms with Crippen molar-refractivity contribution < 1.29 is 33.6 Å². The van der Waals surface area contributed by atoms with E-state index in [0.717, 1.165) is 0 Å². The van der Waals surface area contributed by atoms with Crippen molar-refractivity contribution in [3.05, 3.63) is 12.7 Å². The Balaban J connectivity index is 3.49. The van der Waals surface area contributed by atoms with Crippen molar-refractivity contribution in [2.45, 2.75) is 116 Å². The maximum Gasteiger partial charge on any atom is 0.411 e. The molecule has 1 fully saturated rings. The van der Waals surface area contributed by atoms with Crippen LogP contribution in [0.1, 0.15) is 75.2 Å². The molecule has 1 saturated heterocycles. The lowest BCUT2D eigenvalue weighted by Gasteiger charge is -2.41. The second kappa shape index (κ2) is 11.8. The number of hydrogen-bond donors (Lipinski definition) is 2. The number of amides is 1. The zero-order valence-corrected chi connectivity index (χ0v) is 22.4. The van der Waals surface area contributed by atoms with Gasteiger partial charge in [-0.3, -0.25) is 4.90 Å². The molecule has 0 aromatic carbocycles. The van der Waals surface area contributed by atoms with Crippen LogP contribution in [-0.4, -0.2) is 76.5 Å². The van der Waals surface area contributed by atoms with Gasteiger partial charge in [0.15, 0.2) is 6.29 Å². The molecule has 9 nitrogen and oxygen atoms in total. The van der Waals surface area contributed by atoms with Gasteiger partial charge in [0.05, 0.1) is 24.3 Å². The molecular weight excluding hydrogens is 440 g/mol. The number of hydrogen-bond acceptors (Lipinski definition) is 8. The van der Waals surface area contributed by atoms with E-state index in [9.17, 15) is 14.7 Å². The number of carbonyl (C=O) groups is 2. The number of aliphatic hydroxyl groups is 1. The highest BCUT2D eigenvalue weighted by atomic mass is 16.7. The maximum atomic E-state index is 13.4. The molecule has 1 amide bonds. The quantitative estimate of drug-likeness (QED) is 0.274. The highest BCUT2D eigenvalue weighted by molar-refractivity contribution is 5.83. The second-order valence-electron chi connectivity index (χ2n) is 10.9. The fourth-order valence-electron chi connectivity index (χ4n) is 4.10. The van der Waals surface area contributed by atoms with E-state index in [1.165, 1.54) is 11.0 Å². The summed E-state index contributed by atoms with van der Waals surface area (Å²) in [5.41, 5.74) is 3.58. The molecule has 0 spiro atoms. The summed E-state index contributed by atoms with van der Waals surface area (Å²) in [4.78, 5) is 28.0. The molecule has 0 saturated carbocycles. The third-order valence-electron chi connectivity index (χ3n) is 5.76. The summed E-state index contributed by atoms with van der Waals surface area (Å²) < 4.78 is 22.6. The van der Waals surface area contributed by atoms with E-state index < -0.39 is 53.3 Å². The van der Waals surface area contributed by atoms with Crippen LogP contribution in [0.25, 0.3) is 0 Å². The predicted octanol–water partition coefficient (Wildman–Crippen LogP) is 3.38. The van der Waals surface area contributed by atoms with Crippen molar-refractivity contribution in [1.82, 2.24) is 4.90 Å². The van der Waals surface area contributed by atoms with Crippen molar-refractivity contribution in [2.24, 2.45) is 11.7 Å². The van der Waals surface area contributed by atoms with Gasteiger partial charge in [0.2, 0.25) is 0 Å². The van der Waals surface area contributed by atoms with Gasteiger partial charge in [-0.05, 0) is 68.2 Å². The monoisotopic (exact) mass is 486 g/mol. The highest BCUT2D eigenvalue weighted by Gasteiger charge is 2.55. The number of nitrogens with zero attached hydrogens (tertiary/aromatic N) is 1. The fraction of sp³-hybridized carbons (Fsp3) is 0.840. The predicted molar refractivity (Wildman–Crippen MR) is 130 cm³/mol. The summed E-state index contributed by atoms with van der Waals surface area (Å²) in [5, 5.41) is 11.2. The molecule has 0 bridgehead atoms. The van der Waals surface area contributed by atoms with Crippen molar-refractivity contribution in [2.75, 3.05) is 13.2 Å². The highest BCUT2D eigenvalue weighted by Crippen LogP contribution is 2.38. The van der Waals surface area contributed by atoms with Gasteiger partial charge in [-0.2, -0.15) is 0 Å². The van der Waals surface area contributed by atoms with Crippen LogP contribution in [0.3, 0.4) is 0 Å². The fourth-order valence-corrected chi connectivity index (χ4v) is 4.10. The van der Waals surface area contributed by atoms with E-state index in [1.54, 1.807) is 55.4 Å². The lowest BCUT2D eigenvalue weighted by Crippen LogP contribution is -2.62. The lowest BCUT2D eigenvalue weighted by molar-refractivity contribution is -0.160. The average Bonchev–Trinajstić information content (AvgIpc) is 3.08. The third-order valence-corrected chi connectivity index (χ3v) is 5.76. The van der Waals surface area contributed by atoms with Crippen LogP contribution in [0.5, 0.6) is 0 Å². The summed E-state index contributed by atoms with van der Waals surface area (Å²) in [6.07, 6.45) is 0.707. The first-order chi connectivity index (χ1) is 15.5. The molecule has 1 rings (SSSR count). The van der Waals surface area contributed by atoms with Crippen LogP contribution in [-0.2, 0) is 23.7 Å². The summed E-state index contributed by atoms with van der Waals surface area (Å²) in [7, 11) is 0. The van der Waals surface area contributed by atoms with Crippen LogP contribution in [0.2, 0.25) is 0 Å². The molecule has 0 aromatic rings. The van der Waals surface area contributed by atoms with Gasteiger partial charge in [-0.15, -0.1) is 6.58 Å². The van der Waals surface area contributed by atoms with Crippen LogP contribution in [0.4, 0.5) is 4.79 Å². The van der Waals surface area contributed by atoms with Crippen molar-refractivity contribution >= 4 is 12.1 Å². The molecule has 0 aliphatic carbocycles. The molecule has 1 aliphatic heterocycles. The van der Waals surface area contributed by atoms with Crippen LogP contribution in [0.15, 0.2) is 12.7 Å². The minimum atomic E-state index is -1.47. The van der Waals surface area contributed by atoms with Crippen LogP contribution in [0, 0.1) is 5.92 Å². The number of esters is 1. The van der Waals surface area contributed by atoms with Crippen molar-refractivity contribution in [3.63, 3.8) is 0 Å². The Hall–Kier alpha value is -1.68. The number of nitrogens with two attached hydrogens (primary N) is 1. The Kier molecular flexibility index (Phi) is 10.6. The van der Waals surface area contributed by atoms with Crippen LogP contribution >= 0.6 is 0 Å². The normalized spacial score (nSPS) is 24.8. The first kappa shape index (κ1) is 30.4. The van der Waals surface area contributed by atoms with Gasteiger partial charge in [0, 0.05) is 12.5 Å². The van der Waals surface area contributed by atoms with Crippen LogP contribution < -0.4 is 5.73 Å². The third kappa shape index (κ3) is 8.22. The summed E-state index contributed by atoms with van der Waals surface area (Å²) in [5.74, 6) is -0.949. The molecule has 1 aliphatic rings. The van der Waals surface area contributed by atoms with Gasteiger partial charge in [-0.1, -0.05) is 13.0 Å². The molecule has 34 heavy (non-hydrogen) atoms. The molecule has 1 unspecified atom stereocenters. The Labute approximate surface area is 204 Å². The van der Waals surface area contributed by atoms with Crippen molar-refractivity contribution in [3.8, 4) is 0 Å². The first-order valence-electron chi connectivity index (χ1n) is 12.1. The molecule has 3 N–H and O–H groups in total. The standard InChI is InChI=1S/C25H46N2O7/c1-11-25(30,12-2)20(26)19-17(15-32-16(4)31-13-3)14-18(21(28)33-23(5,6)7)27(19)22(29)34-24(8,9)10/h11,16-20,30H,1,12-15,26H2,2-10H3/t16?,17-,18+,19+,20+,25-/m0/s1. The molecule has 0 radical (unpaired) electrons. The van der Waals surface area contributed by atoms with E-state index in [4.69, 9.17) is 24.7 Å². The zero-order chi connectivity index (χ0) is 26.5. The van der Waals surface area contributed by atoms with E-state index in [2.05, 4.69) is 6.58 Å². The van der Waals surface area contributed by atoms with Gasteiger partial charge < -0.3 is 29.8 Å². The van der Waals surface area contributed by atoms with E-state index in [0.29, 0.717) is 6.61 Å². The minimum Gasteiger partial charge on any atom is -0.458 e. The van der Waals surface area contributed by atoms with E-state index in [1.807, 2.05) is 6.92 Å². The molecule has 6 atom stereocenters. The van der Waals surface area contributed by atoms with Gasteiger partial charge in [-0.25, -0.2) is 9.59 Å². The van der Waals surface area contributed by atoms with Gasteiger partial charge >= 0.3 is 12.1 Å². The number of rotatable bonds is 10. The topological polar surface area (TPSA) is 121 Å². The minimum absolute atomic E-state index is 0.162. The molecule has 198 valence electrons. The number of ether oxygens (including phenoxy) is 4. The molecular formula is C25H46N2O7. The Morgan fingerprint density at radius 2 is 1.68 bits per heavy atom. The molecule has 0 aromatic heterocycles. The Morgan fingerprint density at radius 3 is 2.12 bits per heavy atom. The number of likely N-dealkylation sites (tertiary alicyclic amines) is 1. The van der Waals surface area contributed by atoms with Crippen molar-refractivity contribution in [1.29, 1.82) is 0 Å². The van der Waals surface area contributed by atoms with Gasteiger partial charge in [0.1, 0.15) is 17.2 Å². The summed E-state index contributed by atoms with van der Waals surface area (Å²) in [6, 6.07) is -2.68. The average molecular weight is 487 g/mol.